The molecule has 0 radical (unpaired) electrons. The van der Waals surface area contributed by atoms with E-state index >= 15 is 0 Å². The Kier molecular flexibility index (Phi) is 6.20. The van der Waals surface area contributed by atoms with E-state index in [0.717, 1.165) is 17.8 Å². The van der Waals surface area contributed by atoms with Crippen LogP contribution in [0.25, 0.3) is 5.69 Å². The molecule has 1 aromatic heterocycles. The summed E-state index contributed by atoms with van der Waals surface area (Å²) in [6.07, 6.45) is 0.880. The summed E-state index contributed by atoms with van der Waals surface area (Å²) in [4.78, 5) is 12.6. The fourth-order valence-electron chi connectivity index (χ4n) is 2.77. The van der Waals surface area contributed by atoms with Crippen LogP contribution in [-0.4, -0.2) is 40.6 Å². The van der Waals surface area contributed by atoms with Crippen LogP contribution >= 0.6 is 0 Å². The Bertz CT molecular complexity index is 740. The van der Waals surface area contributed by atoms with Crippen molar-refractivity contribution in [2.75, 3.05) is 13.7 Å². The Labute approximate surface area is 148 Å². The number of aliphatic hydroxyl groups is 1. The number of carbonyl (C=O) groups excluding carboxylic acids is 1. The van der Waals surface area contributed by atoms with Crippen LogP contribution < -0.4 is 10.1 Å². The molecule has 136 valence electrons. The van der Waals surface area contributed by atoms with Gasteiger partial charge in [0.05, 0.1) is 25.5 Å². The van der Waals surface area contributed by atoms with Crippen LogP contribution in [0, 0.1) is 19.8 Å². The molecule has 0 aliphatic heterocycles. The minimum absolute atomic E-state index is 0.0821. The number of nitrogens with one attached hydrogen (secondary N) is 1. The first-order valence-corrected chi connectivity index (χ1v) is 8.54. The summed E-state index contributed by atoms with van der Waals surface area (Å²) in [5.74, 6) is 0.621. The lowest BCUT2D eigenvalue weighted by Gasteiger charge is -2.22. The van der Waals surface area contributed by atoms with Gasteiger partial charge in [0.1, 0.15) is 11.4 Å². The van der Waals surface area contributed by atoms with Crippen molar-refractivity contribution < 1.29 is 14.6 Å². The summed E-state index contributed by atoms with van der Waals surface area (Å²) >= 11 is 0. The zero-order valence-corrected chi connectivity index (χ0v) is 15.5. The van der Waals surface area contributed by atoms with Crippen molar-refractivity contribution in [2.24, 2.45) is 5.92 Å². The normalized spacial score (nSPS) is 13.4. The number of carbonyl (C=O) groups is 1. The summed E-state index contributed by atoms with van der Waals surface area (Å²) in [5.41, 5.74) is 3.07. The van der Waals surface area contributed by atoms with E-state index in [0.29, 0.717) is 17.0 Å². The molecule has 0 aliphatic rings. The lowest BCUT2D eigenvalue weighted by atomic mass is 9.99. The number of hydrogen-bond acceptors (Lipinski definition) is 4. The molecule has 6 heteroatoms. The van der Waals surface area contributed by atoms with Gasteiger partial charge in [0, 0.05) is 11.3 Å². The average Bonchev–Trinajstić information content (AvgIpc) is 2.96. The van der Waals surface area contributed by atoms with Crippen LogP contribution in [0.3, 0.4) is 0 Å². The van der Waals surface area contributed by atoms with Gasteiger partial charge in [-0.05, 0) is 44.0 Å². The molecule has 0 saturated carbocycles. The van der Waals surface area contributed by atoms with E-state index in [1.807, 2.05) is 33.8 Å². The van der Waals surface area contributed by atoms with Crippen LogP contribution in [-0.2, 0) is 0 Å². The third kappa shape index (κ3) is 4.20. The Morgan fingerprint density at radius 3 is 2.60 bits per heavy atom. The first-order chi connectivity index (χ1) is 11.9. The molecular weight excluding hydrogens is 318 g/mol. The molecule has 2 rings (SSSR count). The van der Waals surface area contributed by atoms with Gasteiger partial charge in [-0.1, -0.05) is 20.3 Å². The summed E-state index contributed by atoms with van der Waals surface area (Å²) in [7, 11) is 1.59. The first-order valence-electron chi connectivity index (χ1n) is 8.54. The van der Waals surface area contributed by atoms with Crippen molar-refractivity contribution >= 4 is 5.91 Å². The molecule has 2 N–H and O–H groups in total. The lowest BCUT2D eigenvalue weighted by molar-refractivity contribution is 0.0891. The Morgan fingerprint density at radius 1 is 1.36 bits per heavy atom. The summed E-state index contributed by atoms with van der Waals surface area (Å²) < 4.78 is 7.19. The topological polar surface area (TPSA) is 76.4 Å². The van der Waals surface area contributed by atoms with E-state index in [-0.39, 0.29) is 24.5 Å². The van der Waals surface area contributed by atoms with E-state index in [1.54, 1.807) is 30.0 Å². The summed E-state index contributed by atoms with van der Waals surface area (Å²) in [6.45, 7) is 7.84. The van der Waals surface area contributed by atoms with Crippen LogP contribution in [0.5, 0.6) is 5.75 Å². The summed E-state index contributed by atoms with van der Waals surface area (Å²) in [6, 6.07) is 6.94. The van der Waals surface area contributed by atoms with Crippen molar-refractivity contribution in [1.29, 1.82) is 0 Å². The molecule has 2 atom stereocenters. The predicted molar refractivity (Wildman–Crippen MR) is 97.4 cm³/mol. The number of benzene rings is 1. The van der Waals surface area contributed by atoms with Gasteiger partial charge in [-0.2, -0.15) is 5.10 Å². The van der Waals surface area contributed by atoms with E-state index in [1.165, 1.54) is 0 Å². The van der Waals surface area contributed by atoms with E-state index in [9.17, 15) is 9.90 Å². The smallest absolute Gasteiger partial charge is 0.251 e. The third-order valence-corrected chi connectivity index (χ3v) is 4.52. The molecule has 1 heterocycles. The van der Waals surface area contributed by atoms with Crippen molar-refractivity contribution in [3.8, 4) is 11.4 Å². The largest absolute Gasteiger partial charge is 0.494 e. The second kappa shape index (κ2) is 8.16. The quantitative estimate of drug-likeness (QED) is 0.809. The highest BCUT2D eigenvalue weighted by atomic mass is 16.5. The number of aryl methyl sites for hydroxylation is 2. The van der Waals surface area contributed by atoms with Crippen molar-refractivity contribution in [3.63, 3.8) is 0 Å². The molecule has 1 aromatic carbocycles. The maximum absolute atomic E-state index is 12.6. The Hall–Kier alpha value is -2.34. The number of ether oxygens (including phenoxy) is 1. The standard InChI is InChI=1S/C19H27N3O3/c1-6-12(2)16(11-23)20-19(24)15-7-8-18(25-5)17(10-15)22-14(4)9-13(3)21-22/h7-10,12,16,23H,6,11H2,1-5H3,(H,20,24)/t12-,16+/m0/s1. The minimum atomic E-state index is -0.267. The first kappa shape index (κ1) is 19.0. The van der Waals surface area contributed by atoms with Gasteiger partial charge in [-0.3, -0.25) is 4.79 Å². The Morgan fingerprint density at radius 2 is 2.08 bits per heavy atom. The van der Waals surface area contributed by atoms with Gasteiger partial charge in [0.2, 0.25) is 0 Å². The number of amides is 1. The third-order valence-electron chi connectivity index (χ3n) is 4.52. The van der Waals surface area contributed by atoms with E-state index < -0.39 is 0 Å². The zero-order valence-electron chi connectivity index (χ0n) is 15.5. The number of aromatic nitrogens is 2. The highest BCUT2D eigenvalue weighted by molar-refractivity contribution is 5.95. The molecule has 0 aliphatic carbocycles. The molecule has 6 nitrogen and oxygen atoms in total. The molecule has 2 aromatic rings. The van der Waals surface area contributed by atoms with Crippen LogP contribution in [0.15, 0.2) is 24.3 Å². The molecule has 0 bridgehead atoms. The van der Waals surface area contributed by atoms with Gasteiger partial charge in [-0.15, -0.1) is 0 Å². The molecular formula is C19H27N3O3. The molecule has 0 unspecified atom stereocenters. The number of methoxy groups -OCH3 is 1. The number of aliphatic hydroxyl groups excluding tert-OH is 1. The summed E-state index contributed by atoms with van der Waals surface area (Å²) in [5, 5.41) is 16.9. The number of nitrogens with zero attached hydrogens (tertiary/aromatic N) is 2. The second-order valence-electron chi connectivity index (χ2n) is 6.37. The highest BCUT2D eigenvalue weighted by Crippen LogP contribution is 2.25. The van der Waals surface area contributed by atoms with Crippen molar-refractivity contribution in [2.45, 2.75) is 40.2 Å². The molecule has 0 spiro atoms. The lowest BCUT2D eigenvalue weighted by Crippen LogP contribution is -2.41. The van der Waals surface area contributed by atoms with Crippen molar-refractivity contribution in [3.05, 3.63) is 41.2 Å². The van der Waals surface area contributed by atoms with Gasteiger partial charge in [0.25, 0.3) is 5.91 Å². The van der Waals surface area contributed by atoms with Crippen LogP contribution in [0.2, 0.25) is 0 Å². The highest BCUT2D eigenvalue weighted by Gasteiger charge is 2.20. The Balaban J connectivity index is 2.35. The predicted octanol–water partition coefficient (Wildman–Crippen LogP) is 2.63. The maximum atomic E-state index is 12.6. The van der Waals surface area contributed by atoms with Crippen LogP contribution in [0.4, 0.5) is 0 Å². The molecule has 0 fully saturated rings. The number of hydrogen-bond donors (Lipinski definition) is 2. The zero-order chi connectivity index (χ0) is 18.6. The van der Waals surface area contributed by atoms with Crippen molar-refractivity contribution in [1.82, 2.24) is 15.1 Å². The SMILES string of the molecule is CC[C@H](C)[C@@H](CO)NC(=O)c1ccc(OC)c(-n2nc(C)cc2C)c1. The van der Waals surface area contributed by atoms with Gasteiger partial charge >= 0.3 is 0 Å². The monoisotopic (exact) mass is 345 g/mol. The minimum Gasteiger partial charge on any atom is -0.494 e. The molecule has 25 heavy (non-hydrogen) atoms. The van der Waals surface area contributed by atoms with E-state index in [2.05, 4.69) is 10.4 Å². The number of rotatable bonds is 7. The van der Waals surface area contributed by atoms with Gasteiger partial charge in [0.15, 0.2) is 0 Å². The fraction of sp³-hybridized carbons (Fsp3) is 0.474. The average molecular weight is 345 g/mol. The fourth-order valence-corrected chi connectivity index (χ4v) is 2.77. The second-order valence-corrected chi connectivity index (χ2v) is 6.37. The maximum Gasteiger partial charge on any atom is 0.251 e. The van der Waals surface area contributed by atoms with Crippen LogP contribution in [0.1, 0.15) is 42.0 Å². The van der Waals surface area contributed by atoms with E-state index in [4.69, 9.17) is 4.74 Å². The molecule has 1 amide bonds. The van der Waals surface area contributed by atoms with Gasteiger partial charge < -0.3 is 15.2 Å². The van der Waals surface area contributed by atoms with Gasteiger partial charge in [-0.25, -0.2) is 4.68 Å². The molecule has 0 saturated heterocycles.